The number of nitrogens with zero attached hydrogens (tertiary/aromatic N) is 2. The Labute approximate surface area is 123 Å². The minimum atomic E-state index is -3.63. The number of nitrogens with one attached hydrogen (secondary N) is 1. The zero-order valence-electron chi connectivity index (χ0n) is 11.5. The summed E-state index contributed by atoms with van der Waals surface area (Å²) in [6, 6.07) is 6.83. The number of halogens is 1. The summed E-state index contributed by atoms with van der Waals surface area (Å²) in [4.78, 5) is 6.67. The number of aryl methyl sites for hydroxylation is 1. The van der Waals surface area contributed by atoms with Crippen molar-refractivity contribution in [3.8, 4) is 0 Å². The third-order valence-electron chi connectivity index (χ3n) is 3.24. The summed E-state index contributed by atoms with van der Waals surface area (Å²) in [5.74, 6) is 0.558. The highest BCUT2D eigenvalue weighted by atomic mass is 35.5. The van der Waals surface area contributed by atoms with Gasteiger partial charge < -0.3 is 4.98 Å². The summed E-state index contributed by atoms with van der Waals surface area (Å²) >= 11 is 6.12. The molecule has 0 amide bonds. The van der Waals surface area contributed by atoms with Crippen LogP contribution in [0, 0.1) is 6.92 Å². The third kappa shape index (κ3) is 2.72. The number of hydrogen-bond donors (Lipinski definition) is 1. The van der Waals surface area contributed by atoms with Crippen LogP contribution in [0.25, 0.3) is 0 Å². The molecule has 0 spiro atoms. The molecule has 1 aromatic carbocycles. The van der Waals surface area contributed by atoms with Crippen LogP contribution in [0.4, 0.5) is 0 Å². The minimum absolute atomic E-state index is 0.0800. The molecule has 1 heterocycles. The van der Waals surface area contributed by atoms with Crippen LogP contribution in [-0.4, -0.2) is 29.7 Å². The van der Waals surface area contributed by atoms with Crippen LogP contribution in [-0.2, 0) is 10.0 Å². The SMILES string of the molecule is Cc1ncc(S(=O)(=O)N(C)C(C)c2ccccc2Cl)[nH]1. The Morgan fingerprint density at radius 3 is 2.55 bits per heavy atom. The standard InChI is InChI=1S/C13H16ClN3O2S/c1-9(11-6-4-5-7-12(11)14)17(3)20(18,19)13-8-15-10(2)16-13/h4-9H,1-3H3,(H,15,16). The minimum Gasteiger partial charge on any atom is -0.332 e. The molecule has 1 atom stereocenters. The lowest BCUT2D eigenvalue weighted by Gasteiger charge is -2.24. The highest BCUT2D eigenvalue weighted by Crippen LogP contribution is 2.29. The van der Waals surface area contributed by atoms with Gasteiger partial charge >= 0.3 is 0 Å². The van der Waals surface area contributed by atoms with E-state index in [0.29, 0.717) is 10.8 Å². The Balaban J connectivity index is 2.36. The molecule has 0 aliphatic carbocycles. The van der Waals surface area contributed by atoms with E-state index in [-0.39, 0.29) is 11.1 Å². The Bertz CT molecular complexity index is 712. The molecule has 2 rings (SSSR count). The molecule has 20 heavy (non-hydrogen) atoms. The zero-order valence-corrected chi connectivity index (χ0v) is 13.0. The van der Waals surface area contributed by atoms with Crippen molar-refractivity contribution in [2.75, 3.05) is 7.05 Å². The second-order valence-corrected chi connectivity index (χ2v) is 6.92. The molecule has 5 nitrogen and oxygen atoms in total. The summed E-state index contributed by atoms with van der Waals surface area (Å²) in [6.07, 6.45) is 1.32. The van der Waals surface area contributed by atoms with E-state index in [2.05, 4.69) is 9.97 Å². The molecule has 1 aromatic heterocycles. The maximum Gasteiger partial charge on any atom is 0.260 e. The van der Waals surface area contributed by atoms with Gasteiger partial charge in [-0.15, -0.1) is 0 Å². The van der Waals surface area contributed by atoms with Crippen molar-refractivity contribution >= 4 is 21.6 Å². The van der Waals surface area contributed by atoms with Gasteiger partial charge in [-0.3, -0.25) is 0 Å². The van der Waals surface area contributed by atoms with Crippen molar-refractivity contribution in [2.45, 2.75) is 24.9 Å². The molecule has 0 radical (unpaired) electrons. The largest absolute Gasteiger partial charge is 0.332 e. The second kappa shape index (κ2) is 5.55. The fraction of sp³-hybridized carbons (Fsp3) is 0.308. The van der Waals surface area contributed by atoms with Gasteiger partial charge in [0.2, 0.25) is 0 Å². The number of imidazole rings is 1. The maximum atomic E-state index is 12.5. The van der Waals surface area contributed by atoms with Gasteiger partial charge in [0.05, 0.1) is 6.20 Å². The highest BCUT2D eigenvalue weighted by Gasteiger charge is 2.28. The first-order valence-corrected chi connectivity index (χ1v) is 7.90. The second-order valence-electron chi connectivity index (χ2n) is 4.55. The molecule has 0 saturated carbocycles. The van der Waals surface area contributed by atoms with Crippen molar-refractivity contribution in [3.05, 3.63) is 46.9 Å². The van der Waals surface area contributed by atoms with Crippen LogP contribution in [0.2, 0.25) is 5.02 Å². The topological polar surface area (TPSA) is 66.1 Å². The van der Waals surface area contributed by atoms with Crippen LogP contribution in [0.3, 0.4) is 0 Å². The summed E-state index contributed by atoms with van der Waals surface area (Å²) in [5.41, 5.74) is 0.761. The summed E-state index contributed by atoms with van der Waals surface area (Å²) < 4.78 is 26.2. The van der Waals surface area contributed by atoms with Crippen LogP contribution < -0.4 is 0 Å². The number of benzene rings is 1. The monoisotopic (exact) mass is 313 g/mol. The van der Waals surface area contributed by atoms with Gasteiger partial charge in [-0.25, -0.2) is 13.4 Å². The van der Waals surface area contributed by atoms with Crippen LogP contribution in [0.5, 0.6) is 0 Å². The van der Waals surface area contributed by atoms with Gasteiger partial charge in [-0.2, -0.15) is 4.31 Å². The number of H-pyrrole nitrogens is 1. The molecule has 2 aromatic rings. The van der Waals surface area contributed by atoms with Gasteiger partial charge in [0.15, 0.2) is 5.03 Å². The molecule has 0 bridgehead atoms. The lowest BCUT2D eigenvalue weighted by molar-refractivity contribution is 0.397. The van der Waals surface area contributed by atoms with E-state index in [1.54, 1.807) is 19.9 Å². The molecule has 108 valence electrons. The third-order valence-corrected chi connectivity index (χ3v) is 5.42. The Morgan fingerprint density at radius 2 is 2.00 bits per heavy atom. The average Bonchev–Trinajstić information content (AvgIpc) is 2.85. The Morgan fingerprint density at radius 1 is 1.35 bits per heavy atom. The maximum absolute atomic E-state index is 12.5. The lowest BCUT2D eigenvalue weighted by Crippen LogP contribution is -2.30. The molecule has 1 N–H and O–H groups in total. The van der Waals surface area contributed by atoms with E-state index in [1.165, 1.54) is 17.5 Å². The number of hydrogen-bond acceptors (Lipinski definition) is 3. The van der Waals surface area contributed by atoms with Gasteiger partial charge in [0, 0.05) is 18.1 Å². The van der Waals surface area contributed by atoms with Gasteiger partial charge in [-0.05, 0) is 25.5 Å². The Kier molecular flexibility index (Phi) is 4.17. The number of sulfonamides is 1. The van der Waals surface area contributed by atoms with Crippen LogP contribution in [0.15, 0.2) is 35.5 Å². The summed E-state index contributed by atoms with van der Waals surface area (Å²) in [5, 5.41) is 0.624. The van der Waals surface area contributed by atoms with E-state index in [9.17, 15) is 8.42 Å². The molecule has 0 fully saturated rings. The van der Waals surface area contributed by atoms with Gasteiger partial charge in [0.1, 0.15) is 5.82 Å². The average molecular weight is 314 g/mol. The predicted octanol–water partition coefficient (Wildman–Crippen LogP) is 2.75. The summed E-state index contributed by atoms with van der Waals surface area (Å²) in [6.45, 7) is 3.50. The molecule has 1 unspecified atom stereocenters. The van der Waals surface area contributed by atoms with Gasteiger partial charge in [-0.1, -0.05) is 29.8 Å². The molecule has 0 saturated heterocycles. The fourth-order valence-electron chi connectivity index (χ4n) is 1.90. The first-order chi connectivity index (χ1) is 9.34. The van der Waals surface area contributed by atoms with Crippen molar-refractivity contribution in [1.82, 2.24) is 14.3 Å². The molecule has 0 aliphatic rings. The fourth-order valence-corrected chi connectivity index (χ4v) is 3.50. The van der Waals surface area contributed by atoms with Crippen molar-refractivity contribution in [2.24, 2.45) is 0 Å². The van der Waals surface area contributed by atoms with E-state index in [1.807, 2.05) is 18.2 Å². The Hall–Kier alpha value is -1.37. The zero-order chi connectivity index (χ0) is 14.9. The molecular formula is C13H16ClN3O2S. The highest BCUT2D eigenvalue weighted by molar-refractivity contribution is 7.89. The first kappa shape index (κ1) is 15.0. The number of aromatic amines is 1. The van der Waals surface area contributed by atoms with E-state index in [0.717, 1.165) is 5.56 Å². The van der Waals surface area contributed by atoms with Crippen LogP contribution in [0.1, 0.15) is 24.4 Å². The summed E-state index contributed by atoms with van der Waals surface area (Å²) in [7, 11) is -2.10. The molecular weight excluding hydrogens is 298 g/mol. The molecule has 7 heteroatoms. The smallest absolute Gasteiger partial charge is 0.260 e. The number of aromatic nitrogens is 2. The normalized spacial score (nSPS) is 13.7. The van der Waals surface area contributed by atoms with Crippen molar-refractivity contribution in [1.29, 1.82) is 0 Å². The van der Waals surface area contributed by atoms with Crippen molar-refractivity contribution in [3.63, 3.8) is 0 Å². The van der Waals surface area contributed by atoms with E-state index < -0.39 is 10.0 Å². The van der Waals surface area contributed by atoms with E-state index in [4.69, 9.17) is 11.6 Å². The van der Waals surface area contributed by atoms with E-state index >= 15 is 0 Å². The van der Waals surface area contributed by atoms with Crippen molar-refractivity contribution < 1.29 is 8.42 Å². The quantitative estimate of drug-likeness (QED) is 0.944. The first-order valence-electron chi connectivity index (χ1n) is 6.08. The number of rotatable bonds is 4. The van der Waals surface area contributed by atoms with Crippen LogP contribution >= 0.6 is 11.6 Å². The predicted molar refractivity (Wildman–Crippen MR) is 78.1 cm³/mol. The van der Waals surface area contributed by atoms with Gasteiger partial charge in [0.25, 0.3) is 10.0 Å². The molecule has 0 aliphatic heterocycles. The lowest BCUT2D eigenvalue weighted by atomic mass is 10.1.